The van der Waals surface area contributed by atoms with E-state index >= 15 is 0 Å². The van der Waals surface area contributed by atoms with E-state index in [2.05, 4.69) is 15.5 Å². The highest BCUT2D eigenvalue weighted by atomic mass is 32.2. The highest BCUT2D eigenvalue weighted by Crippen LogP contribution is 2.15. The predicted octanol–water partition coefficient (Wildman–Crippen LogP) is 2.26. The van der Waals surface area contributed by atoms with E-state index in [9.17, 15) is 4.79 Å². The summed E-state index contributed by atoms with van der Waals surface area (Å²) < 4.78 is 12.1. The van der Waals surface area contributed by atoms with Gasteiger partial charge in [0.05, 0.1) is 11.8 Å². The van der Waals surface area contributed by atoms with Gasteiger partial charge in [-0.2, -0.15) is 0 Å². The maximum Gasteiger partial charge on any atom is 0.338 e. The minimum atomic E-state index is -0.332. The molecule has 3 aromatic rings. The minimum Gasteiger partial charge on any atom is -0.467 e. The number of benzene rings is 1. The number of hydrogen-bond acceptors (Lipinski definition) is 7. The van der Waals surface area contributed by atoms with E-state index < -0.39 is 0 Å². The third kappa shape index (κ3) is 4.19. The normalized spacial score (nSPS) is 10.6. The van der Waals surface area contributed by atoms with E-state index in [0.717, 1.165) is 5.76 Å². The number of tetrazole rings is 1. The first-order valence-corrected chi connectivity index (χ1v) is 7.95. The van der Waals surface area contributed by atoms with Gasteiger partial charge in [-0.25, -0.2) is 9.48 Å². The number of furan rings is 1. The fourth-order valence-corrected chi connectivity index (χ4v) is 2.57. The van der Waals surface area contributed by atoms with Crippen molar-refractivity contribution in [3.8, 4) is 0 Å². The van der Waals surface area contributed by atoms with Crippen molar-refractivity contribution in [2.75, 3.05) is 12.4 Å². The first kappa shape index (κ1) is 15.3. The van der Waals surface area contributed by atoms with Crippen LogP contribution in [0.5, 0.6) is 0 Å². The third-order valence-corrected chi connectivity index (χ3v) is 3.86. The van der Waals surface area contributed by atoms with Gasteiger partial charge in [-0.05, 0) is 34.7 Å². The second-order valence-corrected chi connectivity index (χ2v) is 5.61. The van der Waals surface area contributed by atoms with Gasteiger partial charge >= 0.3 is 5.97 Å². The molecule has 0 N–H and O–H groups in total. The van der Waals surface area contributed by atoms with Crippen LogP contribution >= 0.6 is 11.8 Å². The molecule has 0 aliphatic rings. The number of hydrogen-bond donors (Lipinski definition) is 0. The Morgan fingerprint density at radius 2 is 2.09 bits per heavy atom. The summed E-state index contributed by atoms with van der Waals surface area (Å²) in [5, 5.41) is 12.2. The Labute approximate surface area is 136 Å². The van der Waals surface area contributed by atoms with Crippen LogP contribution in [-0.4, -0.2) is 38.5 Å². The number of ether oxygens (including phenoxy) is 1. The predicted molar refractivity (Wildman–Crippen MR) is 83.1 cm³/mol. The van der Waals surface area contributed by atoms with Crippen molar-refractivity contribution in [3.05, 3.63) is 60.1 Å². The summed E-state index contributed by atoms with van der Waals surface area (Å²) in [5.74, 6) is 1.01. The molecule has 8 heteroatoms. The standard InChI is InChI=1S/C15H14N4O3S/c20-14(12-5-2-1-3-6-12)22-9-10-23-15-16-17-18-19(15)11-13-7-4-8-21-13/h1-8H,9-11H2. The average Bonchev–Trinajstić information content (AvgIpc) is 3.25. The molecular weight excluding hydrogens is 316 g/mol. The quantitative estimate of drug-likeness (QED) is 0.373. The molecule has 0 unspecified atom stereocenters. The van der Waals surface area contributed by atoms with E-state index in [-0.39, 0.29) is 12.6 Å². The number of carbonyl (C=O) groups is 1. The van der Waals surface area contributed by atoms with Crippen LogP contribution in [0.15, 0.2) is 58.3 Å². The van der Waals surface area contributed by atoms with Gasteiger partial charge in [0.15, 0.2) is 0 Å². The molecule has 118 valence electrons. The Morgan fingerprint density at radius 1 is 1.22 bits per heavy atom. The second-order valence-electron chi connectivity index (χ2n) is 4.55. The van der Waals surface area contributed by atoms with Crippen LogP contribution in [-0.2, 0) is 11.3 Å². The highest BCUT2D eigenvalue weighted by Gasteiger charge is 2.10. The number of thioether (sulfide) groups is 1. The highest BCUT2D eigenvalue weighted by molar-refractivity contribution is 7.99. The van der Waals surface area contributed by atoms with Crippen LogP contribution in [0.25, 0.3) is 0 Å². The molecule has 1 aromatic carbocycles. The Morgan fingerprint density at radius 3 is 2.87 bits per heavy atom. The zero-order valence-corrected chi connectivity index (χ0v) is 13.0. The monoisotopic (exact) mass is 330 g/mol. The molecule has 0 atom stereocenters. The van der Waals surface area contributed by atoms with Crippen LogP contribution in [0.2, 0.25) is 0 Å². The van der Waals surface area contributed by atoms with Crippen LogP contribution < -0.4 is 0 Å². The average molecular weight is 330 g/mol. The smallest absolute Gasteiger partial charge is 0.338 e. The largest absolute Gasteiger partial charge is 0.467 e. The van der Waals surface area contributed by atoms with E-state index in [1.807, 2.05) is 18.2 Å². The van der Waals surface area contributed by atoms with Gasteiger partial charge in [-0.3, -0.25) is 0 Å². The molecule has 0 bridgehead atoms. The lowest BCUT2D eigenvalue weighted by Crippen LogP contribution is -2.08. The van der Waals surface area contributed by atoms with E-state index in [4.69, 9.17) is 9.15 Å². The van der Waals surface area contributed by atoms with Gasteiger partial charge in [0, 0.05) is 5.75 Å². The van der Waals surface area contributed by atoms with Crippen molar-refractivity contribution < 1.29 is 13.9 Å². The number of nitrogens with zero attached hydrogens (tertiary/aromatic N) is 4. The molecule has 3 rings (SSSR count). The van der Waals surface area contributed by atoms with Crippen molar-refractivity contribution >= 4 is 17.7 Å². The van der Waals surface area contributed by atoms with Crippen molar-refractivity contribution in [3.63, 3.8) is 0 Å². The number of rotatable bonds is 7. The van der Waals surface area contributed by atoms with E-state index in [0.29, 0.717) is 23.0 Å². The molecule has 0 saturated heterocycles. The van der Waals surface area contributed by atoms with Gasteiger partial charge in [-0.15, -0.1) is 5.10 Å². The van der Waals surface area contributed by atoms with Crippen molar-refractivity contribution in [2.45, 2.75) is 11.7 Å². The topological polar surface area (TPSA) is 83.0 Å². The van der Waals surface area contributed by atoms with Gasteiger partial charge in [0.2, 0.25) is 5.16 Å². The fraction of sp³-hybridized carbons (Fsp3) is 0.200. The molecule has 7 nitrogen and oxygen atoms in total. The van der Waals surface area contributed by atoms with Gasteiger partial charge in [0.1, 0.15) is 18.9 Å². The molecule has 0 fully saturated rings. The first-order chi connectivity index (χ1) is 11.3. The van der Waals surface area contributed by atoms with E-state index in [1.54, 1.807) is 35.2 Å². The van der Waals surface area contributed by atoms with Crippen LogP contribution in [0, 0.1) is 0 Å². The van der Waals surface area contributed by atoms with Crippen molar-refractivity contribution in [2.24, 2.45) is 0 Å². The minimum absolute atomic E-state index is 0.284. The summed E-state index contributed by atoms with van der Waals surface area (Å²) >= 11 is 1.42. The molecule has 0 amide bonds. The number of aromatic nitrogens is 4. The van der Waals surface area contributed by atoms with Gasteiger partial charge in [0.25, 0.3) is 0 Å². The van der Waals surface area contributed by atoms with E-state index in [1.165, 1.54) is 11.8 Å². The number of carbonyl (C=O) groups excluding carboxylic acids is 1. The Bertz CT molecular complexity index is 743. The lowest BCUT2D eigenvalue weighted by atomic mass is 10.2. The number of esters is 1. The molecule has 2 aromatic heterocycles. The summed E-state index contributed by atoms with van der Waals surface area (Å²) in [6.07, 6.45) is 1.61. The summed E-state index contributed by atoms with van der Waals surface area (Å²) in [6, 6.07) is 12.6. The Kier molecular flexibility index (Phi) is 5.05. The summed E-state index contributed by atoms with van der Waals surface area (Å²) in [6.45, 7) is 0.748. The molecule has 0 aliphatic heterocycles. The maximum absolute atomic E-state index is 11.8. The maximum atomic E-state index is 11.8. The Hall–Kier alpha value is -2.61. The molecule has 2 heterocycles. The molecule has 0 spiro atoms. The van der Waals surface area contributed by atoms with Crippen LogP contribution in [0.1, 0.15) is 16.1 Å². The zero-order chi connectivity index (χ0) is 15.9. The lowest BCUT2D eigenvalue weighted by Gasteiger charge is -2.05. The summed E-state index contributed by atoms with van der Waals surface area (Å²) in [4.78, 5) is 11.8. The third-order valence-electron chi connectivity index (χ3n) is 2.94. The molecule has 23 heavy (non-hydrogen) atoms. The summed E-state index contributed by atoms with van der Waals surface area (Å²) in [7, 11) is 0. The molecule has 0 saturated carbocycles. The van der Waals surface area contributed by atoms with Crippen LogP contribution in [0.4, 0.5) is 0 Å². The summed E-state index contributed by atoms with van der Waals surface area (Å²) in [5.41, 5.74) is 0.542. The lowest BCUT2D eigenvalue weighted by molar-refractivity contribution is 0.0530. The zero-order valence-electron chi connectivity index (χ0n) is 12.2. The second kappa shape index (κ2) is 7.59. The molecule has 0 aliphatic carbocycles. The fourth-order valence-electron chi connectivity index (χ4n) is 1.87. The first-order valence-electron chi connectivity index (χ1n) is 6.96. The van der Waals surface area contributed by atoms with Crippen molar-refractivity contribution in [1.82, 2.24) is 20.2 Å². The van der Waals surface area contributed by atoms with Gasteiger partial charge in [-0.1, -0.05) is 30.0 Å². The molecular formula is C15H14N4O3S. The van der Waals surface area contributed by atoms with Crippen molar-refractivity contribution in [1.29, 1.82) is 0 Å². The van der Waals surface area contributed by atoms with Gasteiger partial charge < -0.3 is 9.15 Å². The Balaban J connectivity index is 1.46. The molecule has 0 radical (unpaired) electrons. The SMILES string of the molecule is O=C(OCCSc1nnnn1Cc1ccco1)c1ccccc1. The van der Waals surface area contributed by atoms with Crippen LogP contribution in [0.3, 0.4) is 0 Å².